The van der Waals surface area contributed by atoms with Gasteiger partial charge in [-0.2, -0.15) is 0 Å². The number of carbonyl (C=O) groups excluding carboxylic acids is 1. The Morgan fingerprint density at radius 1 is 1.39 bits per heavy atom. The van der Waals surface area contributed by atoms with Crippen molar-refractivity contribution in [1.29, 1.82) is 0 Å². The molecule has 18 heavy (non-hydrogen) atoms. The molecule has 0 spiro atoms. The van der Waals surface area contributed by atoms with Gasteiger partial charge in [0.05, 0.1) is 17.9 Å². The number of Topliss-reactive ketones (excluding diaryl/α,β-unsaturated/α-hetero) is 1. The van der Waals surface area contributed by atoms with Crippen LogP contribution in [0.4, 0.5) is 0 Å². The molecule has 0 saturated carbocycles. The zero-order valence-corrected chi connectivity index (χ0v) is 10.9. The average Bonchev–Trinajstić information content (AvgIpc) is 2.47. The quantitative estimate of drug-likeness (QED) is 0.850. The largest absolute Gasteiger partial charge is 0.392 e. The van der Waals surface area contributed by atoms with Gasteiger partial charge in [-0.05, 0) is 24.0 Å². The van der Waals surface area contributed by atoms with Crippen LogP contribution in [0.25, 0.3) is 0 Å². The van der Waals surface area contributed by atoms with Gasteiger partial charge in [0.15, 0.2) is 5.78 Å². The van der Waals surface area contributed by atoms with E-state index in [0.717, 1.165) is 11.1 Å². The highest BCUT2D eigenvalue weighted by atomic mass is 35.5. The fourth-order valence-electron chi connectivity index (χ4n) is 2.54. The van der Waals surface area contributed by atoms with Crippen molar-refractivity contribution in [3.8, 4) is 0 Å². The molecule has 4 heteroatoms. The van der Waals surface area contributed by atoms with Gasteiger partial charge in [-0.1, -0.05) is 24.3 Å². The molecule has 1 aromatic rings. The summed E-state index contributed by atoms with van der Waals surface area (Å²) in [5.74, 6) is 0.0612. The lowest BCUT2D eigenvalue weighted by atomic mass is 9.71. The Balaban J connectivity index is 2.41. The first kappa shape index (κ1) is 13.5. The monoisotopic (exact) mass is 268 g/mol. The molecule has 1 fully saturated rings. The molecule has 2 rings (SSSR count). The molecule has 1 heterocycles. The number of halogens is 1. The van der Waals surface area contributed by atoms with Crippen LogP contribution in [0.1, 0.15) is 24.0 Å². The number of aliphatic hydroxyl groups excluding tert-OH is 1. The zero-order valence-electron chi connectivity index (χ0n) is 10.2. The first-order valence-electron chi connectivity index (χ1n) is 6.10. The van der Waals surface area contributed by atoms with Crippen LogP contribution >= 0.6 is 11.6 Å². The second kappa shape index (κ2) is 5.83. The van der Waals surface area contributed by atoms with Crippen molar-refractivity contribution in [3.05, 3.63) is 35.4 Å². The smallest absolute Gasteiger partial charge is 0.158 e. The third kappa shape index (κ3) is 2.44. The van der Waals surface area contributed by atoms with Crippen LogP contribution in [0.3, 0.4) is 0 Å². The Hall–Kier alpha value is -0.900. The summed E-state index contributed by atoms with van der Waals surface area (Å²) < 4.78 is 5.35. The van der Waals surface area contributed by atoms with E-state index >= 15 is 0 Å². The zero-order chi connectivity index (χ0) is 13.0. The van der Waals surface area contributed by atoms with Crippen LogP contribution in [0.5, 0.6) is 0 Å². The van der Waals surface area contributed by atoms with Gasteiger partial charge in [0.1, 0.15) is 0 Å². The highest BCUT2D eigenvalue weighted by Gasteiger charge is 2.40. The summed E-state index contributed by atoms with van der Waals surface area (Å²) in [6, 6.07) is 7.56. The van der Waals surface area contributed by atoms with E-state index in [9.17, 15) is 9.90 Å². The number of hydrogen-bond donors (Lipinski definition) is 1. The number of rotatable bonds is 4. The minimum absolute atomic E-state index is 0.0172. The summed E-state index contributed by atoms with van der Waals surface area (Å²) in [4.78, 5) is 12.2. The van der Waals surface area contributed by atoms with E-state index in [1.54, 1.807) is 0 Å². The summed E-state index contributed by atoms with van der Waals surface area (Å²) in [6.45, 7) is 1.13. The van der Waals surface area contributed by atoms with Crippen molar-refractivity contribution in [1.82, 2.24) is 0 Å². The van der Waals surface area contributed by atoms with E-state index in [1.165, 1.54) is 0 Å². The molecule has 0 amide bonds. The SMILES string of the molecule is O=C(CCl)C1(c2cccc(CO)c2)CCOCC1. The van der Waals surface area contributed by atoms with Gasteiger partial charge in [0, 0.05) is 13.2 Å². The van der Waals surface area contributed by atoms with Gasteiger partial charge >= 0.3 is 0 Å². The van der Waals surface area contributed by atoms with Crippen LogP contribution < -0.4 is 0 Å². The molecule has 98 valence electrons. The molecule has 0 atom stereocenters. The first-order chi connectivity index (χ1) is 8.73. The summed E-state index contributed by atoms with van der Waals surface area (Å²) in [5.41, 5.74) is 1.23. The number of ether oxygens (including phenoxy) is 1. The molecular formula is C14H17ClO3. The third-order valence-corrected chi connectivity index (χ3v) is 3.91. The van der Waals surface area contributed by atoms with Gasteiger partial charge in [-0.15, -0.1) is 11.6 Å². The Morgan fingerprint density at radius 3 is 2.72 bits per heavy atom. The summed E-state index contributed by atoms with van der Waals surface area (Å²) >= 11 is 5.76. The van der Waals surface area contributed by atoms with Crippen LogP contribution in [0.2, 0.25) is 0 Å². The van der Waals surface area contributed by atoms with Crippen LogP contribution in [-0.4, -0.2) is 30.0 Å². The van der Waals surface area contributed by atoms with E-state index in [1.807, 2.05) is 24.3 Å². The number of alkyl halides is 1. The Labute approximate surface area is 112 Å². The highest BCUT2D eigenvalue weighted by Crippen LogP contribution is 2.36. The second-order valence-electron chi connectivity index (χ2n) is 4.61. The predicted octanol–water partition coefficient (Wildman–Crippen LogP) is 2.04. The number of hydrogen-bond acceptors (Lipinski definition) is 3. The predicted molar refractivity (Wildman–Crippen MR) is 69.8 cm³/mol. The molecule has 3 nitrogen and oxygen atoms in total. The lowest BCUT2D eigenvalue weighted by Crippen LogP contribution is -2.42. The molecular weight excluding hydrogens is 252 g/mol. The lowest BCUT2D eigenvalue weighted by molar-refractivity contribution is -0.125. The summed E-state index contributed by atoms with van der Waals surface area (Å²) in [7, 11) is 0. The molecule has 1 aromatic carbocycles. The molecule has 0 radical (unpaired) electrons. The lowest BCUT2D eigenvalue weighted by Gasteiger charge is -2.36. The maximum atomic E-state index is 12.2. The average molecular weight is 269 g/mol. The normalized spacial score (nSPS) is 18.6. The standard InChI is InChI=1S/C14H17ClO3/c15-9-13(17)14(4-6-18-7-5-14)12-3-1-2-11(8-12)10-16/h1-3,8,16H,4-7,9-10H2. The number of carbonyl (C=O) groups is 1. The van der Waals surface area contributed by atoms with E-state index in [2.05, 4.69) is 0 Å². The number of ketones is 1. The number of aliphatic hydroxyl groups is 1. The van der Waals surface area contributed by atoms with E-state index in [4.69, 9.17) is 16.3 Å². The van der Waals surface area contributed by atoms with Gasteiger partial charge < -0.3 is 9.84 Å². The maximum Gasteiger partial charge on any atom is 0.158 e. The second-order valence-corrected chi connectivity index (χ2v) is 4.88. The van der Waals surface area contributed by atoms with E-state index < -0.39 is 5.41 Å². The van der Waals surface area contributed by atoms with Crippen molar-refractivity contribution in [2.45, 2.75) is 24.9 Å². The fraction of sp³-hybridized carbons (Fsp3) is 0.500. The molecule has 0 unspecified atom stereocenters. The van der Waals surface area contributed by atoms with Gasteiger partial charge in [-0.25, -0.2) is 0 Å². The fourth-order valence-corrected chi connectivity index (χ4v) is 2.80. The third-order valence-electron chi connectivity index (χ3n) is 3.66. The minimum atomic E-state index is -0.537. The Bertz CT molecular complexity index is 425. The minimum Gasteiger partial charge on any atom is -0.392 e. The van der Waals surface area contributed by atoms with Crippen LogP contribution in [-0.2, 0) is 21.6 Å². The van der Waals surface area contributed by atoms with Crippen molar-refractivity contribution >= 4 is 17.4 Å². The van der Waals surface area contributed by atoms with E-state index in [-0.39, 0.29) is 18.3 Å². The molecule has 0 aliphatic carbocycles. The van der Waals surface area contributed by atoms with Gasteiger partial charge in [0.25, 0.3) is 0 Å². The summed E-state index contributed by atoms with van der Waals surface area (Å²) in [6.07, 6.45) is 1.32. The Morgan fingerprint density at radius 2 is 2.11 bits per heavy atom. The van der Waals surface area contributed by atoms with Crippen molar-refractivity contribution in [2.24, 2.45) is 0 Å². The van der Waals surface area contributed by atoms with E-state index in [0.29, 0.717) is 26.1 Å². The molecule has 0 aromatic heterocycles. The van der Waals surface area contributed by atoms with Crippen LogP contribution in [0, 0.1) is 0 Å². The van der Waals surface area contributed by atoms with Crippen molar-refractivity contribution in [2.75, 3.05) is 19.1 Å². The highest BCUT2D eigenvalue weighted by molar-refractivity contribution is 6.29. The molecule has 1 aliphatic rings. The molecule has 1 N–H and O–H groups in total. The van der Waals surface area contributed by atoms with Crippen molar-refractivity contribution in [3.63, 3.8) is 0 Å². The van der Waals surface area contributed by atoms with Crippen molar-refractivity contribution < 1.29 is 14.6 Å². The topological polar surface area (TPSA) is 46.5 Å². The number of benzene rings is 1. The molecule has 1 saturated heterocycles. The van der Waals surface area contributed by atoms with Crippen LogP contribution in [0.15, 0.2) is 24.3 Å². The van der Waals surface area contributed by atoms with Gasteiger partial charge in [0.2, 0.25) is 0 Å². The molecule has 1 aliphatic heterocycles. The Kier molecular flexibility index (Phi) is 4.38. The molecule has 0 bridgehead atoms. The van der Waals surface area contributed by atoms with Gasteiger partial charge in [-0.3, -0.25) is 4.79 Å². The summed E-state index contributed by atoms with van der Waals surface area (Å²) in [5, 5.41) is 9.20. The first-order valence-corrected chi connectivity index (χ1v) is 6.64. The maximum absolute atomic E-state index is 12.2.